The molecule has 5 N–H and O–H groups in total. The number of aliphatic hydroxyl groups is 1. The van der Waals surface area contributed by atoms with Crippen LogP contribution in [0.4, 0.5) is 34.5 Å². The van der Waals surface area contributed by atoms with Crippen LogP contribution in [0.1, 0.15) is 19.3 Å². The van der Waals surface area contributed by atoms with Gasteiger partial charge in [-0.15, -0.1) is 0 Å². The number of benzene rings is 2. The molecule has 11 heteroatoms. The first-order valence-corrected chi connectivity index (χ1v) is 12.1. The molecule has 3 aromatic rings. The Balaban J connectivity index is 1.77. The molecular weight excluding hydrogens is 496 g/mol. The van der Waals surface area contributed by atoms with Crippen LogP contribution in [-0.2, 0) is 4.79 Å². The van der Waals surface area contributed by atoms with Crippen molar-refractivity contribution in [2.24, 2.45) is 0 Å². The summed E-state index contributed by atoms with van der Waals surface area (Å²) in [5, 5.41) is 21.6. The van der Waals surface area contributed by atoms with Crippen molar-refractivity contribution < 1.29 is 19.4 Å². The van der Waals surface area contributed by atoms with E-state index in [0.717, 1.165) is 31.5 Å². The zero-order chi connectivity index (χ0) is 26.6. The number of nitrogens with zero attached hydrogens (tertiary/aromatic N) is 2. The van der Waals surface area contributed by atoms with Crippen LogP contribution in [0.3, 0.4) is 0 Å². The Morgan fingerprint density at radius 1 is 1.05 bits per heavy atom. The maximum absolute atomic E-state index is 11.9. The summed E-state index contributed by atoms with van der Waals surface area (Å²) < 4.78 is 10.8. The van der Waals surface area contributed by atoms with E-state index in [1.807, 2.05) is 18.2 Å². The number of hydrogen-bond acceptors (Lipinski definition) is 9. The first-order valence-electron chi connectivity index (χ1n) is 11.7. The van der Waals surface area contributed by atoms with Gasteiger partial charge in [0.15, 0.2) is 5.82 Å². The molecule has 0 radical (unpaired) electrons. The second kappa shape index (κ2) is 13.9. The molecule has 0 fully saturated rings. The number of carbonyl (C=O) groups excluding carboxylic acids is 1. The zero-order valence-electron chi connectivity index (χ0n) is 20.8. The Bertz CT molecular complexity index is 1220. The van der Waals surface area contributed by atoms with E-state index in [4.69, 9.17) is 26.2 Å². The third-order valence-electron chi connectivity index (χ3n) is 5.28. The molecule has 0 saturated carbocycles. The lowest BCUT2D eigenvalue weighted by Crippen LogP contribution is -2.10. The highest BCUT2D eigenvalue weighted by atomic mass is 35.5. The number of unbranched alkanes of at least 4 members (excludes halogenated alkanes) is 2. The quantitative estimate of drug-likeness (QED) is 0.140. The molecule has 0 aliphatic rings. The number of hydrogen-bond donors (Lipinski definition) is 5. The van der Waals surface area contributed by atoms with E-state index in [9.17, 15) is 4.79 Å². The van der Waals surface area contributed by atoms with Crippen LogP contribution in [0.2, 0.25) is 5.02 Å². The van der Waals surface area contributed by atoms with Gasteiger partial charge in [-0.3, -0.25) is 4.79 Å². The first-order chi connectivity index (χ1) is 18.0. The molecule has 1 amide bonds. The molecule has 10 nitrogen and oxygen atoms in total. The van der Waals surface area contributed by atoms with Gasteiger partial charge in [0.25, 0.3) is 0 Å². The molecule has 0 saturated heterocycles. The fourth-order valence-electron chi connectivity index (χ4n) is 3.36. The van der Waals surface area contributed by atoms with Gasteiger partial charge in [0.05, 0.1) is 37.5 Å². The van der Waals surface area contributed by atoms with Gasteiger partial charge in [-0.2, -0.15) is 4.98 Å². The SMILES string of the molecule is C=CC(=O)Nc1cc(OC)ccc1Nc1nc(Nc2ccc(NCCCCCO)cc2OC)ncc1Cl. The maximum Gasteiger partial charge on any atom is 0.247 e. The molecule has 196 valence electrons. The number of anilines is 6. The molecule has 0 unspecified atom stereocenters. The van der Waals surface area contributed by atoms with Crippen LogP contribution in [0.25, 0.3) is 0 Å². The topological polar surface area (TPSA) is 130 Å². The third-order valence-corrected chi connectivity index (χ3v) is 5.56. The Morgan fingerprint density at radius 3 is 2.59 bits per heavy atom. The highest BCUT2D eigenvalue weighted by molar-refractivity contribution is 6.33. The molecule has 37 heavy (non-hydrogen) atoms. The Kier molecular flexibility index (Phi) is 10.4. The van der Waals surface area contributed by atoms with Gasteiger partial charge in [-0.25, -0.2) is 4.98 Å². The largest absolute Gasteiger partial charge is 0.497 e. The van der Waals surface area contributed by atoms with E-state index in [2.05, 4.69) is 37.8 Å². The second-order valence-corrected chi connectivity index (χ2v) is 8.28. The standard InChI is InChI=1S/C26H31ClN6O4/c1-4-24(35)30-22-15-18(36-2)9-11-20(22)31-25-19(27)16-29-26(33-25)32-21-10-8-17(14-23(21)37-3)28-12-6-5-7-13-34/h4,8-11,14-16,28,34H,1,5-7,12-13H2,2-3H3,(H,30,35)(H2,29,31,32,33). The van der Waals surface area contributed by atoms with Crippen molar-refractivity contribution in [3.63, 3.8) is 0 Å². The lowest BCUT2D eigenvalue weighted by molar-refractivity contribution is -0.111. The van der Waals surface area contributed by atoms with Crippen molar-refractivity contribution in [2.45, 2.75) is 19.3 Å². The number of halogens is 1. The van der Waals surface area contributed by atoms with Crippen LogP contribution in [0.15, 0.2) is 55.3 Å². The minimum Gasteiger partial charge on any atom is -0.497 e. The Morgan fingerprint density at radius 2 is 1.86 bits per heavy atom. The van der Waals surface area contributed by atoms with E-state index in [1.165, 1.54) is 19.4 Å². The van der Waals surface area contributed by atoms with E-state index in [-0.39, 0.29) is 17.5 Å². The summed E-state index contributed by atoms with van der Waals surface area (Å²) in [7, 11) is 3.13. The first kappa shape index (κ1) is 27.6. The fraction of sp³-hybridized carbons (Fsp3) is 0.269. The van der Waals surface area contributed by atoms with Gasteiger partial charge in [0, 0.05) is 31.0 Å². The van der Waals surface area contributed by atoms with Crippen LogP contribution < -0.4 is 30.7 Å². The number of aliphatic hydroxyl groups excluding tert-OH is 1. The van der Waals surface area contributed by atoms with Crippen molar-refractivity contribution >= 4 is 52.0 Å². The van der Waals surface area contributed by atoms with Crippen LogP contribution in [0.5, 0.6) is 11.5 Å². The van der Waals surface area contributed by atoms with Gasteiger partial charge in [0.2, 0.25) is 11.9 Å². The van der Waals surface area contributed by atoms with Crippen molar-refractivity contribution in [1.82, 2.24) is 9.97 Å². The smallest absolute Gasteiger partial charge is 0.247 e. The monoisotopic (exact) mass is 526 g/mol. The van der Waals surface area contributed by atoms with Crippen LogP contribution >= 0.6 is 11.6 Å². The highest BCUT2D eigenvalue weighted by Crippen LogP contribution is 2.33. The molecule has 1 heterocycles. The second-order valence-electron chi connectivity index (χ2n) is 7.87. The molecule has 0 aliphatic heterocycles. The molecule has 0 aliphatic carbocycles. The predicted octanol–water partition coefficient (Wildman–Crippen LogP) is 5.33. The van der Waals surface area contributed by atoms with Gasteiger partial charge >= 0.3 is 0 Å². The normalized spacial score (nSPS) is 10.4. The molecule has 0 atom stereocenters. The van der Waals surface area contributed by atoms with Gasteiger partial charge in [-0.1, -0.05) is 18.2 Å². The van der Waals surface area contributed by atoms with E-state index < -0.39 is 0 Å². The summed E-state index contributed by atoms with van der Waals surface area (Å²) in [6.45, 7) is 4.50. The van der Waals surface area contributed by atoms with E-state index in [0.29, 0.717) is 40.3 Å². The summed E-state index contributed by atoms with van der Waals surface area (Å²) in [5.41, 5.74) is 2.61. The molecule has 0 spiro atoms. The minimum atomic E-state index is -0.373. The lowest BCUT2D eigenvalue weighted by Gasteiger charge is -2.16. The van der Waals surface area contributed by atoms with Gasteiger partial charge < -0.3 is 35.8 Å². The minimum absolute atomic E-state index is 0.214. The van der Waals surface area contributed by atoms with Gasteiger partial charge in [0.1, 0.15) is 16.5 Å². The zero-order valence-corrected chi connectivity index (χ0v) is 21.6. The number of amides is 1. The average molecular weight is 527 g/mol. The third kappa shape index (κ3) is 7.99. The molecule has 2 aromatic carbocycles. The summed E-state index contributed by atoms with van der Waals surface area (Å²) in [6, 6.07) is 10.8. The molecule has 1 aromatic heterocycles. The van der Waals surface area contributed by atoms with E-state index in [1.54, 1.807) is 25.3 Å². The number of nitrogens with one attached hydrogen (secondary N) is 4. The van der Waals surface area contributed by atoms with Crippen molar-refractivity contribution in [3.05, 3.63) is 60.3 Å². The number of rotatable bonds is 14. The Labute approximate surface area is 221 Å². The van der Waals surface area contributed by atoms with Crippen LogP contribution in [-0.4, -0.2) is 48.4 Å². The summed E-state index contributed by atoms with van der Waals surface area (Å²) in [6.07, 6.45) is 5.37. The van der Waals surface area contributed by atoms with Crippen LogP contribution in [0, 0.1) is 0 Å². The summed E-state index contributed by atoms with van der Waals surface area (Å²) in [5.74, 6) is 1.43. The van der Waals surface area contributed by atoms with Crippen molar-refractivity contribution in [1.29, 1.82) is 0 Å². The molecular formula is C26H31ClN6O4. The molecule has 3 rings (SSSR count). The highest BCUT2D eigenvalue weighted by Gasteiger charge is 2.13. The van der Waals surface area contributed by atoms with Crippen molar-refractivity contribution in [2.75, 3.05) is 48.6 Å². The average Bonchev–Trinajstić information content (AvgIpc) is 2.91. The summed E-state index contributed by atoms with van der Waals surface area (Å²) >= 11 is 6.36. The predicted molar refractivity (Wildman–Crippen MR) is 148 cm³/mol. The number of methoxy groups -OCH3 is 2. The van der Waals surface area contributed by atoms with Crippen molar-refractivity contribution in [3.8, 4) is 11.5 Å². The lowest BCUT2D eigenvalue weighted by atomic mass is 10.2. The number of aromatic nitrogens is 2. The number of carbonyl (C=O) groups is 1. The Hall–Kier alpha value is -4.02. The van der Waals surface area contributed by atoms with E-state index >= 15 is 0 Å². The molecule has 0 bridgehead atoms. The maximum atomic E-state index is 11.9. The van der Waals surface area contributed by atoms with Gasteiger partial charge in [-0.05, 0) is 49.6 Å². The fourth-order valence-corrected chi connectivity index (χ4v) is 3.50. The summed E-state index contributed by atoms with van der Waals surface area (Å²) in [4.78, 5) is 20.7. The number of ether oxygens (including phenoxy) is 2.